The van der Waals surface area contributed by atoms with E-state index in [0.717, 1.165) is 19.4 Å². The summed E-state index contributed by atoms with van der Waals surface area (Å²) in [4.78, 5) is 11.8. The number of carbonyl (C=O) groups excluding carboxylic acids is 1. The van der Waals surface area contributed by atoms with Gasteiger partial charge in [0.25, 0.3) is 0 Å². The third-order valence-electron chi connectivity index (χ3n) is 2.72. The summed E-state index contributed by atoms with van der Waals surface area (Å²) in [6.45, 7) is 2.62. The van der Waals surface area contributed by atoms with Crippen LogP contribution in [0.2, 0.25) is 0 Å². The molecule has 1 atom stereocenters. The number of phenols is 1. The normalized spacial score (nSPS) is 18.5. The minimum atomic E-state index is -0.472. The molecule has 5 heteroatoms. The molecule has 0 saturated carbocycles. The Kier molecular flexibility index (Phi) is 4.78. The molecule has 0 spiro atoms. The van der Waals surface area contributed by atoms with Crippen LogP contribution in [0.15, 0.2) is 18.2 Å². The molecule has 1 fully saturated rings. The average Bonchev–Trinajstić information content (AvgIpc) is 2.74. The van der Waals surface area contributed by atoms with Crippen LogP contribution in [0.25, 0.3) is 0 Å². The molecule has 0 amide bonds. The van der Waals surface area contributed by atoms with Gasteiger partial charge < -0.3 is 9.84 Å². The first kappa shape index (κ1) is 13.8. The van der Waals surface area contributed by atoms with E-state index in [-0.39, 0.29) is 29.9 Å². The maximum absolute atomic E-state index is 11.8. The van der Waals surface area contributed by atoms with Crippen molar-refractivity contribution in [2.45, 2.75) is 26.0 Å². The summed E-state index contributed by atoms with van der Waals surface area (Å²) in [5.74, 6) is -0.467. The monoisotopic (exact) mass is 257 g/mol. The molecule has 1 aliphatic rings. The molecule has 0 aromatic heterocycles. The highest BCUT2D eigenvalue weighted by atomic mass is 35.5. The molecular formula is C12H16ClNO3. The Labute approximate surface area is 106 Å². The van der Waals surface area contributed by atoms with Crippen LogP contribution in [0.1, 0.15) is 28.8 Å². The van der Waals surface area contributed by atoms with E-state index in [1.165, 1.54) is 0 Å². The quantitative estimate of drug-likeness (QED) is 0.796. The molecule has 94 valence electrons. The van der Waals surface area contributed by atoms with Crippen LogP contribution in [0.4, 0.5) is 0 Å². The molecule has 1 unspecified atom stereocenters. The molecular weight excluding hydrogens is 242 g/mol. The first-order valence-electron chi connectivity index (χ1n) is 5.41. The molecule has 1 aliphatic heterocycles. The van der Waals surface area contributed by atoms with Gasteiger partial charge in [0.05, 0.1) is 0 Å². The lowest BCUT2D eigenvalue weighted by molar-refractivity contribution is 0.0264. The topological polar surface area (TPSA) is 58.6 Å². The van der Waals surface area contributed by atoms with Crippen LogP contribution in [-0.4, -0.2) is 23.8 Å². The van der Waals surface area contributed by atoms with Crippen molar-refractivity contribution < 1.29 is 14.6 Å². The number of rotatable bonds is 2. The molecule has 2 rings (SSSR count). The largest absolute Gasteiger partial charge is 0.507 e. The number of hydrogen-bond donors (Lipinski definition) is 2. The number of aromatic hydroxyl groups is 1. The summed E-state index contributed by atoms with van der Waals surface area (Å²) in [6.07, 6.45) is 1.63. The van der Waals surface area contributed by atoms with Gasteiger partial charge in [-0.2, -0.15) is 0 Å². The van der Waals surface area contributed by atoms with Gasteiger partial charge in [0, 0.05) is 0 Å². The Hall–Kier alpha value is -1.26. The second-order valence-electron chi connectivity index (χ2n) is 3.96. The fourth-order valence-electron chi connectivity index (χ4n) is 1.77. The number of hydrogen-bond acceptors (Lipinski definition) is 4. The smallest absolute Gasteiger partial charge is 0.343 e. The van der Waals surface area contributed by atoms with E-state index >= 15 is 0 Å². The zero-order valence-electron chi connectivity index (χ0n) is 9.60. The minimum Gasteiger partial charge on any atom is -0.507 e. The first-order chi connectivity index (χ1) is 7.68. The highest BCUT2D eigenvalue weighted by Crippen LogP contribution is 2.23. The first-order valence-corrected chi connectivity index (χ1v) is 5.41. The van der Waals surface area contributed by atoms with Gasteiger partial charge in [-0.05, 0) is 37.9 Å². The fourth-order valence-corrected chi connectivity index (χ4v) is 1.77. The standard InChI is InChI=1S/C12H15NO3.ClH/c1-8-4-2-5-9(11(8)14)12(15)16-10-6-3-7-13-10;/h2,4-5,10,13-14H,3,6-7H2,1H3;1H. The lowest BCUT2D eigenvalue weighted by Gasteiger charge is -2.13. The Morgan fingerprint density at radius 3 is 2.94 bits per heavy atom. The third-order valence-corrected chi connectivity index (χ3v) is 2.72. The third kappa shape index (κ3) is 3.11. The molecule has 1 aromatic rings. The number of ether oxygens (including phenoxy) is 1. The van der Waals surface area contributed by atoms with Gasteiger partial charge >= 0.3 is 5.97 Å². The second-order valence-corrected chi connectivity index (χ2v) is 3.96. The van der Waals surface area contributed by atoms with Gasteiger partial charge in [-0.1, -0.05) is 12.1 Å². The summed E-state index contributed by atoms with van der Waals surface area (Å²) >= 11 is 0. The number of halogens is 1. The molecule has 17 heavy (non-hydrogen) atoms. The molecule has 4 nitrogen and oxygen atoms in total. The van der Waals surface area contributed by atoms with E-state index in [9.17, 15) is 9.90 Å². The van der Waals surface area contributed by atoms with E-state index in [1.54, 1.807) is 25.1 Å². The van der Waals surface area contributed by atoms with Crippen molar-refractivity contribution >= 4 is 18.4 Å². The van der Waals surface area contributed by atoms with Crippen molar-refractivity contribution in [2.24, 2.45) is 0 Å². The molecule has 1 saturated heterocycles. The lowest BCUT2D eigenvalue weighted by Crippen LogP contribution is -2.27. The van der Waals surface area contributed by atoms with E-state index in [1.807, 2.05) is 0 Å². The SMILES string of the molecule is Cc1cccc(C(=O)OC2CCCN2)c1O.Cl. The van der Waals surface area contributed by atoms with Gasteiger partial charge in [-0.25, -0.2) is 4.79 Å². The number of benzene rings is 1. The molecule has 1 heterocycles. The number of esters is 1. The number of carbonyl (C=O) groups is 1. The van der Waals surface area contributed by atoms with Crippen molar-refractivity contribution in [3.8, 4) is 5.75 Å². The zero-order valence-corrected chi connectivity index (χ0v) is 10.4. The molecule has 1 aromatic carbocycles. The maximum Gasteiger partial charge on any atom is 0.343 e. The highest BCUT2D eigenvalue weighted by Gasteiger charge is 2.21. The molecule has 0 radical (unpaired) electrons. The van der Waals surface area contributed by atoms with Crippen molar-refractivity contribution in [2.75, 3.05) is 6.54 Å². The Balaban J connectivity index is 0.00000144. The fraction of sp³-hybridized carbons (Fsp3) is 0.417. The predicted octanol–water partition coefficient (Wildman–Crippen LogP) is 1.99. The van der Waals surface area contributed by atoms with E-state index in [0.29, 0.717) is 5.56 Å². The van der Waals surface area contributed by atoms with Gasteiger partial charge in [0.2, 0.25) is 0 Å². The van der Waals surface area contributed by atoms with Crippen molar-refractivity contribution in [1.82, 2.24) is 5.32 Å². The highest BCUT2D eigenvalue weighted by molar-refractivity contribution is 5.92. The second kappa shape index (κ2) is 5.89. The van der Waals surface area contributed by atoms with Crippen LogP contribution in [0.3, 0.4) is 0 Å². The molecule has 2 N–H and O–H groups in total. The molecule has 0 bridgehead atoms. The average molecular weight is 258 g/mol. The summed E-state index contributed by atoms with van der Waals surface area (Å²) in [6, 6.07) is 5.05. The number of phenolic OH excluding ortho intramolecular Hbond substituents is 1. The number of nitrogens with one attached hydrogen (secondary N) is 1. The summed E-state index contributed by atoms with van der Waals surface area (Å²) in [5.41, 5.74) is 0.905. The predicted molar refractivity (Wildman–Crippen MR) is 66.5 cm³/mol. The summed E-state index contributed by atoms with van der Waals surface area (Å²) in [7, 11) is 0. The number of aryl methyl sites for hydroxylation is 1. The Morgan fingerprint density at radius 1 is 1.53 bits per heavy atom. The maximum atomic E-state index is 11.8. The van der Waals surface area contributed by atoms with Crippen molar-refractivity contribution in [3.05, 3.63) is 29.3 Å². The Morgan fingerprint density at radius 2 is 2.29 bits per heavy atom. The van der Waals surface area contributed by atoms with Crippen LogP contribution in [0.5, 0.6) is 5.75 Å². The summed E-state index contributed by atoms with van der Waals surface area (Å²) < 4.78 is 5.22. The lowest BCUT2D eigenvalue weighted by atomic mass is 10.1. The van der Waals surface area contributed by atoms with Gasteiger partial charge in [-0.15, -0.1) is 12.4 Å². The van der Waals surface area contributed by atoms with Gasteiger partial charge in [0.15, 0.2) is 6.23 Å². The van der Waals surface area contributed by atoms with Gasteiger partial charge in [-0.3, -0.25) is 5.32 Å². The van der Waals surface area contributed by atoms with E-state index < -0.39 is 5.97 Å². The number of para-hydroxylation sites is 1. The van der Waals surface area contributed by atoms with Crippen molar-refractivity contribution in [3.63, 3.8) is 0 Å². The summed E-state index contributed by atoms with van der Waals surface area (Å²) in [5, 5.41) is 12.8. The molecule has 0 aliphatic carbocycles. The van der Waals surface area contributed by atoms with E-state index in [2.05, 4.69) is 5.32 Å². The minimum absolute atomic E-state index is 0. The van der Waals surface area contributed by atoms with Crippen LogP contribution >= 0.6 is 12.4 Å². The van der Waals surface area contributed by atoms with Crippen LogP contribution in [-0.2, 0) is 4.74 Å². The van der Waals surface area contributed by atoms with E-state index in [4.69, 9.17) is 4.74 Å². The van der Waals surface area contributed by atoms with Crippen LogP contribution in [0, 0.1) is 6.92 Å². The van der Waals surface area contributed by atoms with Crippen LogP contribution < -0.4 is 5.32 Å². The van der Waals surface area contributed by atoms with Gasteiger partial charge in [0.1, 0.15) is 11.3 Å². The van der Waals surface area contributed by atoms with Crippen molar-refractivity contribution in [1.29, 1.82) is 0 Å². The zero-order chi connectivity index (χ0) is 11.5. The Bertz CT molecular complexity index is 403.